The second kappa shape index (κ2) is 4.16. The first-order valence-electron chi connectivity index (χ1n) is 3.82. The summed E-state index contributed by atoms with van der Waals surface area (Å²) in [7, 11) is 4.96. The van der Waals surface area contributed by atoms with E-state index in [1.165, 1.54) is 0 Å². The minimum Gasteiger partial charge on any atom is -0.501 e. The lowest BCUT2D eigenvalue weighted by atomic mass is 10.1. The molecule has 0 N–H and O–H groups in total. The van der Waals surface area contributed by atoms with Gasteiger partial charge in [0, 0.05) is 7.11 Å². The summed E-state index contributed by atoms with van der Waals surface area (Å²) in [4.78, 5) is 0. The fourth-order valence-corrected chi connectivity index (χ4v) is 1.12. The van der Waals surface area contributed by atoms with Gasteiger partial charge in [-0.05, 0) is 12.2 Å². The molecule has 3 heteroatoms. The van der Waals surface area contributed by atoms with Crippen molar-refractivity contribution in [2.75, 3.05) is 21.3 Å². The van der Waals surface area contributed by atoms with Gasteiger partial charge < -0.3 is 14.2 Å². The maximum absolute atomic E-state index is 5.14. The molecular weight excluding hydrogens is 156 g/mol. The molecule has 0 saturated heterocycles. The third-order valence-corrected chi connectivity index (χ3v) is 1.85. The van der Waals surface area contributed by atoms with Gasteiger partial charge in [-0.2, -0.15) is 0 Å². The maximum atomic E-state index is 5.14. The van der Waals surface area contributed by atoms with Crippen LogP contribution in [0.25, 0.3) is 0 Å². The van der Waals surface area contributed by atoms with Gasteiger partial charge in [0.2, 0.25) is 0 Å². The van der Waals surface area contributed by atoms with E-state index < -0.39 is 0 Å². The van der Waals surface area contributed by atoms with E-state index in [-0.39, 0.29) is 6.10 Å². The minimum absolute atomic E-state index is 0.0244. The number of methoxy groups -OCH3 is 3. The Morgan fingerprint density at radius 1 is 1.08 bits per heavy atom. The summed E-state index contributed by atoms with van der Waals surface area (Å²) in [5.41, 5.74) is 0. The quantitative estimate of drug-likeness (QED) is 0.642. The SMILES string of the molecule is COC1=CC(OC)C=C(OC)C1. The van der Waals surface area contributed by atoms with Crippen LogP contribution < -0.4 is 0 Å². The van der Waals surface area contributed by atoms with Gasteiger partial charge in [-0.3, -0.25) is 0 Å². The van der Waals surface area contributed by atoms with Gasteiger partial charge in [-0.15, -0.1) is 0 Å². The zero-order chi connectivity index (χ0) is 8.97. The second-order valence-corrected chi connectivity index (χ2v) is 2.55. The van der Waals surface area contributed by atoms with E-state index in [2.05, 4.69) is 0 Å². The number of ether oxygens (including phenoxy) is 3. The highest BCUT2D eigenvalue weighted by atomic mass is 16.5. The summed E-state index contributed by atoms with van der Waals surface area (Å²) in [6, 6.07) is 0. The van der Waals surface area contributed by atoms with Gasteiger partial charge in [0.05, 0.1) is 20.6 Å². The molecule has 0 saturated carbocycles. The van der Waals surface area contributed by atoms with Crippen LogP contribution in [0.2, 0.25) is 0 Å². The predicted molar refractivity (Wildman–Crippen MR) is 45.6 cm³/mol. The molecular formula is C9H14O3. The topological polar surface area (TPSA) is 27.7 Å². The van der Waals surface area contributed by atoms with Crippen LogP contribution in [0, 0.1) is 0 Å². The number of hydrogen-bond donors (Lipinski definition) is 0. The molecule has 68 valence electrons. The Morgan fingerprint density at radius 3 is 1.92 bits per heavy atom. The van der Waals surface area contributed by atoms with Crippen molar-refractivity contribution >= 4 is 0 Å². The Bertz CT molecular complexity index is 186. The molecule has 0 fully saturated rings. The fraction of sp³-hybridized carbons (Fsp3) is 0.556. The highest BCUT2D eigenvalue weighted by Crippen LogP contribution is 2.20. The van der Waals surface area contributed by atoms with Crippen LogP contribution in [0.5, 0.6) is 0 Å². The van der Waals surface area contributed by atoms with E-state index in [1.807, 2.05) is 12.2 Å². The third-order valence-electron chi connectivity index (χ3n) is 1.85. The van der Waals surface area contributed by atoms with Crippen molar-refractivity contribution in [1.29, 1.82) is 0 Å². The van der Waals surface area contributed by atoms with E-state index >= 15 is 0 Å². The molecule has 0 aromatic carbocycles. The molecule has 1 aliphatic carbocycles. The van der Waals surface area contributed by atoms with E-state index in [0.717, 1.165) is 11.5 Å². The van der Waals surface area contributed by atoms with Crippen LogP contribution in [0.15, 0.2) is 23.7 Å². The molecule has 1 aliphatic rings. The van der Waals surface area contributed by atoms with Gasteiger partial charge >= 0.3 is 0 Å². The molecule has 0 aliphatic heterocycles. The standard InChI is InChI=1S/C9H14O3/c1-10-7-4-8(11-2)6-9(5-7)12-3/h4-5,7H,6H2,1-3H3. The van der Waals surface area contributed by atoms with Gasteiger partial charge in [0.25, 0.3) is 0 Å². The first-order chi connectivity index (χ1) is 5.80. The molecule has 0 spiro atoms. The van der Waals surface area contributed by atoms with Crippen LogP contribution in [0.3, 0.4) is 0 Å². The molecule has 1 rings (SSSR count). The molecule has 12 heavy (non-hydrogen) atoms. The molecule has 0 amide bonds. The van der Waals surface area contributed by atoms with Crippen LogP contribution in [-0.2, 0) is 14.2 Å². The lowest BCUT2D eigenvalue weighted by Crippen LogP contribution is -2.12. The van der Waals surface area contributed by atoms with Crippen molar-refractivity contribution in [2.45, 2.75) is 12.5 Å². The Morgan fingerprint density at radius 2 is 1.58 bits per heavy atom. The summed E-state index contributed by atoms with van der Waals surface area (Å²) in [5, 5.41) is 0. The molecule has 0 atom stereocenters. The summed E-state index contributed by atoms with van der Waals surface area (Å²) in [6.45, 7) is 0. The monoisotopic (exact) mass is 170 g/mol. The van der Waals surface area contributed by atoms with E-state index in [9.17, 15) is 0 Å². The average molecular weight is 170 g/mol. The second-order valence-electron chi connectivity index (χ2n) is 2.55. The lowest BCUT2D eigenvalue weighted by molar-refractivity contribution is 0.152. The normalized spacial score (nSPS) is 18.2. The van der Waals surface area contributed by atoms with Crippen LogP contribution in [-0.4, -0.2) is 27.4 Å². The highest BCUT2D eigenvalue weighted by molar-refractivity contribution is 5.19. The Labute approximate surface area is 72.6 Å². The third kappa shape index (κ3) is 2.01. The summed E-state index contributed by atoms with van der Waals surface area (Å²) in [6.07, 6.45) is 4.56. The molecule has 0 aromatic rings. The Hall–Kier alpha value is -0.960. The molecule has 3 nitrogen and oxygen atoms in total. The van der Waals surface area contributed by atoms with Crippen molar-refractivity contribution in [3.63, 3.8) is 0 Å². The zero-order valence-electron chi connectivity index (χ0n) is 7.66. The summed E-state index contributed by atoms with van der Waals surface area (Å²) >= 11 is 0. The summed E-state index contributed by atoms with van der Waals surface area (Å²) in [5.74, 6) is 1.78. The first kappa shape index (κ1) is 9.13. The number of hydrogen-bond acceptors (Lipinski definition) is 3. The van der Waals surface area contributed by atoms with Crippen molar-refractivity contribution in [3.05, 3.63) is 23.7 Å². The highest BCUT2D eigenvalue weighted by Gasteiger charge is 2.14. The van der Waals surface area contributed by atoms with Crippen molar-refractivity contribution < 1.29 is 14.2 Å². The molecule has 0 heterocycles. The molecule has 0 unspecified atom stereocenters. The molecule has 0 aromatic heterocycles. The zero-order valence-corrected chi connectivity index (χ0v) is 7.66. The minimum atomic E-state index is -0.0244. The van der Waals surface area contributed by atoms with E-state index in [1.54, 1.807) is 21.3 Å². The average Bonchev–Trinajstić information content (AvgIpc) is 2.16. The predicted octanol–water partition coefficient (Wildman–Crippen LogP) is 1.47. The van der Waals surface area contributed by atoms with Crippen molar-refractivity contribution in [1.82, 2.24) is 0 Å². The first-order valence-corrected chi connectivity index (χ1v) is 3.82. The molecule has 0 radical (unpaired) electrons. The number of rotatable bonds is 3. The van der Waals surface area contributed by atoms with E-state index in [0.29, 0.717) is 6.42 Å². The molecule has 0 bridgehead atoms. The lowest BCUT2D eigenvalue weighted by Gasteiger charge is -2.18. The summed E-state index contributed by atoms with van der Waals surface area (Å²) < 4.78 is 15.4. The fourth-order valence-electron chi connectivity index (χ4n) is 1.12. The Kier molecular flexibility index (Phi) is 3.17. The van der Waals surface area contributed by atoms with Gasteiger partial charge in [0.15, 0.2) is 0 Å². The van der Waals surface area contributed by atoms with Crippen molar-refractivity contribution in [2.24, 2.45) is 0 Å². The van der Waals surface area contributed by atoms with Crippen LogP contribution in [0.1, 0.15) is 6.42 Å². The van der Waals surface area contributed by atoms with Gasteiger partial charge in [-0.25, -0.2) is 0 Å². The van der Waals surface area contributed by atoms with Crippen LogP contribution in [0.4, 0.5) is 0 Å². The van der Waals surface area contributed by atoms with Gasteiger partial charge in [0.1, 0.15) is 17.6 Å². The maximum Gasteiger partial charge on any atom is 0.102 e. The van der Waals surface area contributed by atoms with E-state index in [4.69, 9.17) is 14.2 Å². The van der Waals surface area contributed by atoms with Crippen LogP contribution >= 0.6 is 0 Å². The smallest absolute Gasteiger partial charge is 0.102 e. The Balaban J connectivity index is 2.67. The van der Waals surface area contributed by atoms with Gasteiger partial charge in [-0.1, -0.05) is 0 Å². The largest absolute Gasteiger partial charge is 0.501 e. The van der Waals surface area contributed by atoms with Crippen molar-refractivity contribution in [3.8, 4) is 0 Å².